The second-order valence-corrected chi connectivity index (χ2v) is 5.89. The highest BCUT2D eigenvalue weighted by Gasteiger charge is 2.03. The number of carbonyl (C=O) groups is 2. The average Bonchev–Trinajstić information content (AvgIpc) is 2.72. The molecule has 0 amide bonds. The highest BCUT2D eigenvalue weighted by molar-refractivity contribution is 6.07. The SMILES string of the molecule is O=C(O)COc1ccc(C=CC(=O)c2ccc(-c3ccccc3)cc2)cc1. The van der Waals surface area contributed by atoms with E-state index in [0.29, 0.717) is 11.3 Å². The quantitative estimate of drug-likeness (QED) is 0.491. The predicted molar refractivity (Wildman–Crippen MR) is 105 cm³/mol. The third kappa shape index (κ3) is 5.16. The first-order chi connectivity index (χ1) is 13.1. The van der Waals surface area contributed by atoms with Gasteiger partial charge in [-0.2, -0.15) is 0 Å². The molecule has 134 valence electrons. The Hall–Kier alpha value is -3.66. The molecule has 0 aliphatic rings. The first kappa shape index (κ1) is 18.1. The van der Waals surface area contributed by atoms with Crippen LogP contribution in [-0.4, -0.2) is 23.5 Å². The zero-order chi connectivity index (χ0) is 19.1. The molecular formula is C23H18O4. The van der Waals surface area contributed by atoms with Gasteiger partial charge >= 0.3 is 5.97 Å². The lowest BCUT2D eigenvalue weighted by Gasteiger charge is -2.03. The van der Waals surface area contributed by atoms with E-state index in [1.54, 1.807) is 30.3 Å². The van der Waals surface area contributed by atoms with E-state index in [9.17, 15) is 9.59 Å². The van der Waals surface area contributed by atoms with Crippen LogP contribution in [0.3, 0.4) is 0 Å². The van der Waals surface area contributed by atoms with Crippen molar-refractivity contribution < 1.29 is 19.4 Å². The second kappa shape index (κ2) is 8.63. The van der Waals surface area contributed by atoms with Gasteiger partial charge in [-0.3, -0.25) is 4.79 Å². The summed E-state index contributed by atoms with van der Waals surface area (Å²) in [5.41, 5.74) is 3.62. The summed E-state index contributed by atoms with van der Waals surface area (Å²) in [6.45, 7) is -0.382. The molecule has 27 heavy (non-hydrogen) atoms. The molecule has 0 heterocycles. The molecule has 3 rings (SSSR count). The third-order valence-electron chi connectivity index (χ3n) is 3.95. The monoisotopic (exact) mass is 358 g/mol. The lowest BCUT2D eigenvalue weighted by atomic mass is 10.0. The Labute approximate surface area is 157 Å². The van der Waals surface area contributed by atoms with E-state index in [1.165, 1.54) is 6.08 Å². The van der Waals surface area contributed by atoms with E-state index < -0.39 is 5.97 Å². The lowest BCUT2D eigenvalue weighted by Crippen LogP contribution is -2.09. The van der Waals surface area contributed by atoms with Gasteiger partial charge in [0.25, 0.3) is 0 Å². The first-order valence-electron chi connectivity index (χ1n) is 8.44. The van der Waals surface area contributed by atoms with Gasteiger partial charge in [0.05, 0.1) is 0 Å². The molecule has 0 aliphatic carbocycles. The number of ether oxygens (including phenoxy) is 1. The first-order valence-corrected chi connectivity index (χ1v) is 8.44. The Morgan fingerprint density at radius 2 is 1.44 bits per heavy atom. The third-order valence-corrected chi connectivity index (χ3v) is 3.95. The van der Waals surface area contributed by atoms with Crippen molar-refractivity contribution in [1.82, 2.24) is 0 Å². The zero-order valence-electron chi connectivity index (χ0n) is 14.5. The van der Waals surface area contributed by atoms with Crippen LogP contribution in [0.15, 0.2) is 84.9 Å². The van der Waals surface area contributed by atoms with Gasteiger partial charge in [0.15, 0.2) is 12.4 Å². The van der Waals surface area contributed by atoms with Gasteiger partial charge in [0, 0.05) is 5.56 Å². The molecular weight excluding hydrogens is 340 g/mol. The lowest BCUT2D eigenvalue weighted by molar-refractivity contribution is -0.139. The van der Waals surface area contributed by atoms with Gasteiger partial charge < -0.3 is 9.84 Å². The molecule has 3 aromatic carbocycles. The van der Waals surface area contributed by atoms with E-state index >= 15 is 0 Å². The zero-order valence-corrected chi connectivity index (χ0v) is 14.5. The summed E-state index contributed by atoms with van der Waals surface area (Å²) in [4.78, 5) is 22.8. The van der Waals surface area contributed by atoms with Crippen molar-refractivity contribution in [2.45, 2.75) is 0 Å². The van der Waals surface area contributed by atoms with E-state index in [2.05, 4.69) is 0 Å². The number of benzene rings is 3. The minimum absolute atomic E-state index is 0.0826. The Balaban J connectivity index is 1.63. The van der Waals surface area contributed by atoms with Gasteiger partial charge in [-0.1, -0.05) is 72.8 Å². The summed E-state index contributed by atoms with van der Waals surface area (Å²) in [5, 5.41) is 8.59. The summed E-state index contributed by atoms with van der Waals surface area (Å²) in [7, 11) is 0. The van der Waals surface area contributed by atoms with Crippen molar-refractivity contribution in [2.75, 3.05) is 6.61 Å². The number of hydrogen-bond acceptors (Lipinski definition) is 3. The van der Waals surface area contributed by atoms with Gasteiger partial charge in [-0.15, -0.1) is 0 Å². The molecule has 0 atom stereocenters. The second-order valence-electron chi connectivity index (χ2n) is 5.89. The van der Waals surface area contributed by atoms with Crippen molar-refractivity contribution >= 4 is 17.8 Å². The smallest absolute Gasteiger partial charge is 0.341 e. The number of rotatable bonds is 7. The van der Waals surface area contributed by atoms with E-state index in [1.807, 2.05) is 54.6 Å². The minimum Gasteiger partial charge on any atom is -0.482 e. The predicted octanol–water partition coefficient (Wildman–Crippen LogP) is 4.71. The van der Waals surface area contributed by atoms with Crippen LogP contribution in [0, 0.1) is 0 Å². The molecule has 0 unspecified atom stereocenters. The molecule has 0 aromatic heterocycles. The maximum atomic E-state index is 12.3. The van der Waals surface area contributed by atoms with E-state index in [-0.39, 0.29) is 12.4 Å². The van der Waals surface area contributed by atoms with Crippen LogP contribution in [-0.2, 0) is 4.79 Å². The summed E-state index contributed by atoms with van der Waals surface area (Å²) in [6, 6.07) is 24.4. The number of ketones is 1. The summed E-state index contributed by atoms with van der Waals surface area (Å²) >= 11 is 0. The van der Waals surface area contributed by atoms with Crippen LogP contribution < -0.4 is 4.74 Å². The number of hydrogen-bond donors (Lipinski definition) is 1. The summed E-state index contributed by atoms with van der Waals surface area (Å²) in [6.07, 6.45) is 3.24. The number of aliphatic carboxylic acids is 1. The summed E-state index contributed by atoms with van der Waals surface area (Å²) in [5.74, 6) is -0.638. The maximum absolute atomic E-state index is 12.3. The van der Waals surface area contributed by atoms with E-state index in [0.717, 1.165) is 16.7 Å². The highest BCUT2D eigenvalue weighted by Crippen LogP contribution is 2.20. The van der Waals surface area contributed by atoms with Gasteiger partial charge in [-0.05, 0) is 34.9 Å². The molecule has 0 saturated carbocycles. The Bertz CT molecular complexity index is 940. The molecule has 0 bridgehead atoms. The number of carbonyl (C=O) groups excluding carboxylic acids is 1. The van der Waals surface area contributed by atoms with Crippen LogP contribution >= 0.6 is 0 Å². The minimum atomic E-state index is -1.03. The summed E-state index contributed by atoms with van der Waals surface area (Å²) < 4.78 is 5.07. The average molecular weight is 358 g/mol. The Morgan fingerprint density at radius 3 is 2.07 bits per heavy atom. The van der Waals surface area contributed by atoms with Gasteiger partial charge in [0.2, 0.25) is 0 Å². The normalized spacial score (nSPS) is 10.7. The molecule has 4 heteroatoms. The molecule has 4 nitrogen and oxygen atoms in total. The molecule has 3 aromatic rings. The molecule has 0 aliphatic heterocycles. The van der Waals surface area contributed by atoms with Crippen LogP contribution in [0.5, 0.6) is 5.75 Å². The number of carboxylic acids is 1. The van der Waals surface area contributed by atoms with Crippen molar-refractivity contribution in [3.05, 3.63) is 96.1 Å². The fourth-order valence-corrected chi connectivity index (χ4v) is 2.55. The van der Waals surface area contributed by atoms with Gasteiger partial charge in [-0.25, -0.2) is 4.79 Å². The molecule has 0 radical (unpaired) electrons. The van der Waals surface area contributed by atoms with Crippen molar-refractivity contribution in [3.63, 3.8) is 0 Å². The maximum Gasteiger partial charge on any atom is 0.341 e. The Morgan fingerprint density at radius 1 is 0.815 bits per heavy atom. The van der Waals surface area contributed by atoms with Crippen molar-refractivity contribution in [2.24, 2.45) is 0 Å². The molecule has 0 saturated heterocycles. The van der Waals surface area contributed by atoms with Gasteiger partial charge in [0.1, 0.15) is 5.75 Å². The fraction of sp³-hybridized carbons (Fsp3) is 0.0435. The molecule has 0 spiro atoms. The van der Waals surface area contributed by atoms with Crippen LogP contribution in [0.2, 0.25) is 0 Å². The van der Waals surface area contributed by atoms with Crippen LogP contribution in [0.25, 0.3) is 17.2 Å². The number of allylic oxidation sites excluding steroid dienone is 1. The Kier molecular flexibility index (Phi) is 5.80. The largest absolute Gasteiger partial charge is 0.482 e. The highest BCUT2D eigenvalue weighted by atomic mass is 16.5. The van der Waals surface area contributed by atoms with Crippen LogP contribution in [0.4, 0.5) is 0 Å². The number of carboxylic acid groups (broad SMARTS) is 1. The molecule has 1 N–H and O–H groups in total. The van der Waals surface area contributed by atoms with Crippen molar-refractivity contribution in [1.29, 1.82) is 0 Å². The van der Waals surface area contributed by atoms with E-state index in [4.69, 9.17) is 9.84 Å². The fourth-order valence-electron chi connectivity index (χ4n) is 2.55. The van der Waals surface area contributed by atoms with Crippen LogP contribution in [0.1, 0.15) is 15.9 Å². The topological polar surface area (TPSA) is 63.6 Å². The van der Waals surface area contributed by atoms with Crippen molar-refractivity contribution in [3.8, 4) is 16.9 Å². The molecule has 0 fully saturated rings. The standard InChI is InChI=1S/C23H18O4/c24-22(15-8-17-6-13-21(14-7-17)27-16-23(25)26)20-11-9-19(10-12-20)18-4-2-1-3-5-18/h1-15H,16H2,(H,25,26).